The first-order valence-electron chi connectivity index (χ1n) is 8.87. The van der Waals surface area contributed by atoms with Gasteiger partial charge in [-0.1, -0.05) is 37.1 Å². The second-order valence-corrected chi connectivity index (χ2v) is 8.33. The maximum Gasteiger partial charge on any atom is 0.163 e. The molecule has 0 amide bonds. The van der Waals surface area contributed by atoms with Crippen LogP contribution in [0.4, 0.5) is 0 Å². The summed E-state index contributed by atoms with van der Waals surface area (Å²) in [5.41, 5.74) is 4.59. The van der Waals surface area contributed by atoms with Crippen molar-refractivity contribution in [3.05, 3.63) is 62.5 Å². The van der Waals surface area contributed by atoms with Crippen LogP contribution in [0.2, 0.25) is 5.02 Å². The Morgan fingerprint density at radius 3 is 2.54 bits per heavy atom. The summed E-state index contributed by atoms with van der Waals surface area (Å²) < 4.78 is 2.20. The number of hydrogen-bond acceptors (Lipinski definition) is 4. The van der Waals surface area contributed by atoms with Crippen molar-refractivity contribution in [3.8, 4) is 5.00 Å². The lowest BCUT2D eigenvalue weighted by Gasteiger charge is -2.11. The second-order valence-electron chi connectivity index (χ2n) is 6.69. The number of aromatic nitrogens is 3. The van der Waals surface area contributed by atoms with Crippen LogP contribution in [0.15, 0.2) is 29.3 Å². The van der Waals surface area contributed by atoms with Gasteiger partial charge in [0.15, 0.2) is 5.82 Å². The number of fused-ring (bicyclic) bond motifs is 3. The van der Waals surface area contributed by atoms with Gasteiger partial charge < -0.3 is 0 Å². The van der Waals surface area contributed by atoms with Gasteiger partial charge in [0.1, 0.15) is 16.9 Å². The summed E-state index contributed by atoms with van der Waals surface area (Å²) in [7, 11) is 0. The van der Waals surface area contributed by atoms with E-state index in [-0.39, 0.29) is 6.04 Å². The topological polar surface area (TPSA) is 43.1 Å². The first-order valence-corrected chi connectivity index (χ1v) is 10.1. The summed E-state index contributed by atoms with van der Waals surface area (Å²) in [6.45, 7) is 8.54. The number of thiophene rings is 1. The van der Waals surface area contributed by atoms with Crippen molar-refractivity contribution < 1.29 is 0 Å². The lowest BCUT2D eigenvalue weighted by atomic mass is 9.99. The number of nitrogens with zero attached hydrogens (tertiary/aromatic N) is 4. The van der Waals surface area contributed by atoms with Crippen LogP contribution in [0.1, 0.15) is 59.0 Å². The van der Waals surface area contributed by atoms with Gasteiger partial charge in [0, 0.05) is 21.0 Å². The predicted octanol–water partition coefficient (Wildman–Crippen LogP) is 5.60. The first kappa shape index (κ1) is 17.4. The SMILES string of the molecule is CCCC1N=C(c2ccc(Cl)cc2)c2c(sc(C)c2C)-n2c(C)nnc21. The average molecular weight is 385 g/mol. The standard InChI is InChI=1S/C20H21ClN4S/c1-5-6-16-19-24-23-13(4)25(19)20-17(11(2)12(3)26-20)18(22-16)14-7-9-15(21)10-8-14/h7-10,16H,5-6H2,1-4H3. The summed E-state index contributed by atoms with van der Waals surface area (Å²) in [6.07, 6.45) is 1.99. The van der Waals surface area contributed by atoms with Crippen molar-refractivity contribution in [2.24, 2.45) is 4.99 Å². The third kappa shape index (κ3) is 2.70. The van der Waals surface area contributed by atoms with Gasteiger partial charge in [-0.2, -0.15) is 0 Å². The van der Waals surface area contributed by atoms with Gasteiger partial charge in [0.05, 0.1) is 5.71 Å². The summed E-state index contributed by atoms with van der Waals surface area (Å²) in [5, 5.41) is 10.7. The Morgan fingerprint density at radius 1 is 1.12 bits per heavy atom. The van der Waals surface area contributed by atoms with Crippen LogP contribution in [-0.4, -0.2) is 20.5 Å². The maximum absolute atomic E-state index is 6.11. The normalized spacial score (nSPS) is 16.0. The fraction of sp³-hybridized carbons (Fsp3) is 0.350. The van der Waals surface area contributed by atoms with Gasteiger partial charge in [0.25, 0.3) is 0 Å². The van der Waals surface area contributed by atoms with Crippen LogP contribution in [0.25, 0.3) is 5.00 Å². The van der Waals surface area contributed by atoms with E-state index in [2.05, 4.69) is 47.7 Å². The molecule has 0 fully saturated rings. The van der Waals surface area contributed by atoms with Gasteiger partial charge in [0.2, 0.25) is 0 Å². The van der Waals surface area contributed by atoms with Crippen molar-refractivity contribution in [3.63, 3.8) is 0 Å². The van der Waals surface area contributed by atoms with E-state index in [0.717, 1.165) is 40.8 Å². The zero-order valence-electron chi connectivity index (χ0n) is 15.4. The van der Waals surface area contributed by atoms with Gasteiger partial charge in [-0.15, -0.1) is 21.5 Å². The van der Waals surface area contributed by atoms with E-state index >= 15 is 0 Å². The molecule has 1 unspecified atom stereocenters. The van der Waals surface area contributed by atoms with E-state index in [1.165, 1.54) is 21.0 Å². The van der Waals surface area contributed by atoms with Crippen LogP contribution in [-0.2, 0) is 0 Å². The van der Waals surface area contributed by atoms with Crippen LogP contribution in [0, 0.1) is 20.8 Å². The predicted molar refractivity (Wildman–Crippen MR) is 108 cm³/mol. The molecule has 26 heavy (non-hydrogen) atoms. The van der Waals surface area contributed by atoms with E-state index in [1.807, 2.05) is 19.1 Å². The summed E-state index contributed by atoms with van der Waals surface area (Å²) in [4.78, 5) is 6.49. The number of hydrogen-bond donors (Lipinski definition) is 0. The highest BCUT2D eigenvalue weighted by molar-refractivity contribution is 7.15. The molecular formula is C20H21ClN4S. The van der Waals surface area contributed by atoms with E-state index in [9.17, 15) is 0 Å². The van der Waals surface area contributed by atoms with Gasteiger partial charge >= 0.3 is 0 Å². The molecule has 0 saturated heterocycles. The number of benzene rings is 1. The average Bonchev–Trinajstić information content (AvgIpc) is 3.09. The molecule has 4 rings (SSSR count). The lowest BCUT2D eigenvalue weighted by Crippen LogP contribution is -2.07. The molecule has 0 N–H and O–H groups in total. The third-order valence-electron chi connectivity index (χ3n) is 4.92. The smallest absolute Gasteiger partial charge is 0.163 e. The highest BCUT2D eigenvalue weighted by Crippen LogP contribution is 2.39. The molecule has 1 atom stereocenters. The largest absolute Gasteiger partial charge is 0.273 e. The quantitative estimate of drug-likeness (QED) is 0.589. The molecule has 2 aromatic heterocycles. The van der Waals surface area contributed by atoms with Crippen molar-refractivity contribution in [2.75, 3.05) is 0 Å². The summed E-state index contributed by atoms with van der Waals surface area (Å²) >= 11 is 7.90. The molecule has 0 radical (unpaired) electrons. The van der Waals surface area contributed by atoms with E-state index in [4.69, 9.17) is 16.6 Å². The molecule has 6 heteroatoms. The Bertz CT molecular complexity index is 998. The molecule has 3 heterocycles. The lowest BCUT2D eigenvalue weighted by molar-refractivity contribution is 0.597. The summed E-state index contributed by atoms with van der Waals surface area (Å²) in [6, 6.07) is 7.97. The van der Waals surface area contributed by atoms with E-state index in [1.54, 1.807) is 11.3 Å². The van der Waals surface area contributed by atoms with Crippen LogP contribution in [0.5, 0.6) is 0 Å². The molecule has 0 spiro atoms. The molecule has 3 aromatic rings. The number of aryl methyl sites for hydroxylation is 2. The Morgan fingerprint density at radius 2 is 1.85 bits per heavy atom. The van der Waals surface area contributed by atoms with Crippen molar-refractivity contribution in [1.82, 2.24) is 14.8 Å². The second kappa shape index (κ2) is 6.63. The number of aliphatic imine (C=N–C) groups is 1. The fourth-order valence-electron chi connectivity index (χ4n) is 3.46. The minimum absolute atomic E-state index is 0.00573. The van der Waals surface area contributed by atoms with Gasteiger partial charge in [-0.05, 0) is 44.9 Å². The van der Waals surface area contributed by atoms with Crippen molar-refractivity contribution >= 4 is 28.6 Å². The third-order valence-corrected chi connectivity index (χ3v) is 6.36. The highest BCUT2D eigenvalue weighted by atomic mass is 35.5. The molecule has 0 bridgehead atoms. The van der Waals surface area contributed by atoms with E-state index < -0.39 is 0 Å². The van der Waals surface area contributed by atoms with Crippen molar-refractivity contribution in [1.29, 1.82) is 0 Å². The van der Waals surface area contributed by atoms with Crippen LogP contribution < -0.4 is 0 Å². The molecule has 1 aliphatic rings. The minimum Gasteiger partial charge on any atom is -0.273 e. The highest BCUT2D eigenvalue weighted by Gasteiger charge is 2.30. The molecule has 1 aromatic carbocycles. The van der Waals surface area contributed by atoms with Crippen molar-refractivity contribution in [2.45, 2.75) is 46.6 Å². The van der Waals surface area contributed by atoms with Crippen LogP contribution in [0.3, 0.4) is 0 Å². The Labute approximate surface area is 162 Å². The molecule has 4 nitrogen and oxygen atoms in total. The monoisotopic (exact) mass is 384 g/mol. The van der Waals surface area contributed by atoms with E-state index in [0.29, 0.717) is 0 Å². The molecule has 0 saturated carbocycles. The summed E-state index contributed by atoms with van der Waals surface area (Å²) in [5.74, 6) is 1.85. The Hall–Kier alpha value is -1.98. The Kier molecular flexibility index (Phi) is 4.45. The number of rotatable bonds is 3. The molecular weight excluding hydrogens is 364 g/mol. The molecule has 1 aliphatic heterocycles. The van der Waals surface area contributed by atoms with Gasteiger partial charge in [-0.25, -0.2) is 0 Å². The molecule has 134 valence electrons. The fourth-order valence-corrected chi connectivity index (χ4v) is 4.80. The zero-order valence-corrected chi connectivity index (χ0v) is 16.9. The zero-order chi connectivity index (χ0) is 18.4. The Balaban J connectivity index is 2.03. The first-order chi connectivity index (χ1) is 12.5. The maximum atomic E-state index is 6.11. The number of halogens is 1. The molecule has 0 aliphatic carbocycles. The minimum atomic E-state index is 0.00573. The van der Waals surface area contributed by atoms with Crippen LogP contribution >= 0.6 is 22.9 Å². The van der Waals surface area contributed by atoms with Gasteiger partial charge in [-0.3, -0.25) is 9.56 Å².